The Balaban J connectivity index is 0.00000176. The predicted molar refractivity (Wildman–Crippen MR) is 89.7 cm³/mol. The Morgan fingerprint density at radius 2 is 1.91 bits per heavy atom. The van der Waals surface area contributed by atoms with E-state index in [1.54, 1.807) is 0 Å². The van der Waals surface area contributed by atoms with Crippen molar-refractivity contribution in [1.82, 2.24) is 5.32 Å². The molecule has 22 heavy (non-hydrogen) atoms. The van der Waals surface area contributed by atoms with Crippen molar-refractivity contribution in [3.8, 4) is 0 Å². The summed E-state index contributed by atoms with van der Waals surface area (Å²) < 4.78 is 0. The molecule has 2 aromatic carbocycles. The molecule has 1 saturated carbocycles. The van der Waals surface area contributed by atoms with E-state index in [2.05, 4.69) is 23.5 Å². The molecule has 0 bridgehead atoms. The molecule has 5 heteroatoms. The molecule has 1 aliphatic rings. The number of halogens is 1. The van der Waals surface area contributed by atoms with Crippen molar-refractivity contribution in [3.05, 3.63) is 48.0 Å². The quantitative estimate of drug-likeness (QED) is 0.809. The van der Waals surface area contributed by atoms with Gasteiger partial charge in [0.15, 0.2) is 0 Å². The molecule has 0 heterocycles. The zero-order valence-electron chi connectivity index (χ0n) is 12.2. The van der Waals surface area contributed by atoms with Gasteiger partial charge in [-0.3, -0.25) is 4.79 Å². The number of carbonyl (C=O) groups excluding carboxylic acids is 1. The van der Waals surface area contributed by atoms with Crippen LogP contribution in [-0.2, 0) is 11.3 Å². The fourth-order valence-electron chi connectivity index (χ4n) is 3.04. The van der Waals surface area contributed by atoms with Crippen LogP contribution in [0.2, 0.25) is 0 Å². The summed E-state index contributed by atoms with van der Waals surface area (Å²) >= 11 is 0. The fraction of sp³-hybridized carbons (Fsp3) is 0.353. The van der Waals surface area contributed by atoms with Gasteiger partial charge in [0.2, 0.25) is 5.91 Å². The van der Waals surface area contributed by atoms with E-state index < -0.39 is 6.10 Å². The average Bonchev–Trinajstić information content (AvgIpc) is 2.84. The van der Waals surface area contributed by atoms with Gasteiger partial charge in [-0.1, -0.05) is 42.5 Å². The minimum atomic E-state index is -0.557. The molecule has 4 nitrogen and oxygen atoms in total. The molecule has 0 spiro atoms. The van der Waals surface area contributed by atoms with Crippen LogP contribution in [0.25, 0.3) is 10.8 Å². The average molecular weight is 321 g/mol. The largest absolute Gasteiger partial charge is 0.391 e. The minimum Gasteiger partial charge on any atom is -0.391 e. The topological polar surface area (TPSA) is 75.4 Å². The van der Waals surface area contributed by atoms with Gasteiger partial charge in [-0.25, -0.2) is 0 Å². The normalized spacial score (nSPS) is 24.0. The number of nitrogens with two attached hydrogens (primary N) is 1. The lowest BCUT2D eigenvalue weighted by atomic mass is 10.0. The first-order valence-corrected chi connectivity index (χ1v) is 7.33. The molecule has 0 aliphatic heterocycles. The van der Waals surface area contributed by atoms with Crippen molar-refractivity contribution in [2.75, 3.05) is 0 Å². The van der Waals surface area contributed by atoms with Crippen molar-refractivity contribution < 1.29 is 9.90 Å². The molecule has 4 N–H and O–H groups in total. The molecule has 3 atom stereocenters. The molecule has 3 rings (SSSR count). The van der Waals surface area contributed by atoms with Crippen LogP contribution < -0.4 is 11.1 Å². The fourth-order valence-corrected chi connectivity index (χ4v) is 3.04. The number of nitrogens with one attached hydrogen (secondary N) is 1. The van der Waals surface area contributed by atoms with Crippen LogP contribution >= 0.6 is 12.4 Å². The highest BCUT2D eigenvalue weighted by atomic mass is 35.5. The molecule has 0 saturated heterocycles. The first-order chi connectivity index (χ1) is 10.1. The van der Waals surface area contributed by atoms with Gasteiger partial charge in [-0.05, 0) is 29.2 Å². The number of hydrogen-bond donors (Lipinski definition) is 3. The Bertz CT molecular complexity index is 647. The summed E-state index contributed by atoms with van der Waals surface area (Å²) in [6.07, 6.45) is 0.462. The Morgan fingerprint density at radius 3 is 2.64 bits per heavy atom. The van der Waals surface area contributed by atoms with Gasteiger partial charge in [0.1, 0.15) is 0 Å². The van der Waals surface area contributed by atoms with E-state index in [1.807, 2.05) is 24.3 Å². The monoisotopic (exact) mass is 320 g/mol. The summed E-state index contributed by atoms with van der Waals surface area (Å²) in [4.78, 5) is 12.2. The number of rotatable bonds is 3. The van der Waals surface area contributed by atoms with E-state index in [9.17, 15) is 9.90 Å². The van der Waals surface area contributed by atoms with Gasteiger partial charge in [0, 0.05) is 18.5 Å². The van der Waals surface area contributed by atoms with Gasteiger partial charge < -0.3 is 16.2 Å². The maximum Gasteiger partial charge on any atom is 0.223 e. The van der Waals surface area contributed by atoms with E-state index in [-0.39, 0.29) is 30.3 Å². The molecule has 0 radical (unpaired) electrons. The Kier molecular flexibility index (Phi) is 5.40. The van der Waals surface area contributed by atoms with Crippen LogP contribution in [0.5, 0.6) is 0 Å². The molecule has 1 aliphatic carbocycles. The summed E-state index contributed by atoms with van der Waals surface area (Å²) in [5, 5.41) is 14.9. The van der Waals surface area contributed by atoms with Gasteiger partial charge in [0.25, 0.3) is 0 Å². The Labute approximate surface area is 136 Å². The standard InChI is InChI=1S/C17H20N2O2.ClH/c18-15-8-13(9-16(15)20)17(21)19-10-12-6-3-5-11-4-1-2-7-14(11)12;/h1-7,13,15-16,20H,8-10,18H2,(H,19,21);1H/t13-,15-,16-;/m0./s1. The molecule has 1 amide bonds. The van der Waals surface area contributed by atoms with E-state index in [0.717, 1.165) is 10.9 Å². The minimum absolute atomic E-state index is 0. The van der Waals surface area contributed by atoms with Crippen LogP contribution in [0.15, 0.2) is 42.5 Å². The number of carbonyl (C=O) groups is 1. The van der Waals surface area contributed by atoms with E-state index in [1.165, 1.54) is 5.39 Å². The zero-order valence-corrected chi connectivity index (χ0v) is 13.1. The van der Waals surface area contributed by atoms with Crippen LogP contribution in [0.1, 0.15) is 18.4 Å². The summed E-state index contributed by atoms with van der Waals surface area (Å²) in [6.45, 7) is 0.502. The third-order valence-electron chi connectivity index (χ3n) is 4.28. The Morgan fingerprint density at radius 1 is 1.18 bits per heavy atom. The van der Waals surface area contributed by atoms with Crippen LogP contribution in [0, 0.1) is 5.92 Å². The van der Waals surface area contributed by atoms with Crippen LogP contribution in [0.3, 0.4) is 0 Å². The highest BCUT2D eigenvalue weighted by molar-refractivity contribution is 5.86. The zero-order chi connectivity index (χ0) is 14.8. The number of amides is 1. The second-order valence-corrected chi connectivity index (χ2v) is 5.76. The van der Waals surface area contributed by atoms with Crippen molar-refractivity contribution >= 4 is 29.1 Å². The molecule has 1 fully saturated rings. The second-order valence-electron chi connectivity index (χ2n) is 5.76. The molecule has 2 aromatic rings. The highest BCUT2D eigenvalue weighted by Gasteiger charge is 2.34. The van der Waals surface area contributed by atoms with E-state index >= 15 is 0 Å². The van der Waals surface area contributed by atoms with Crippen molar-refractivity contribution in [1.29, 1.82) is 0 Å². The van der Waals surface area contributed by atoms with E-state index in [4.69, 9.17) is 5.73 Å². The number of aliphatic hydroxyl groups is 1. The molecule has 118 valence electrons. The third kappa shape index (κ3) is 3.40. The van der Waals surface area contributed by atoms with Gasteiger partial charge in [0.05, 0.1) is 6.10 Å². The summed E-state index contributed by atoms with van der Waals surface area (Å²) in [6, 6.07) is 13.9. The Hall–Kier alpha value is -1.62. The van der Waals surface area contributed by atoms with Crippen molar-refractivity contribution in [2.24, 2.45) is 11.7 Å². The second kappa shape index (κ2) is 7.09. The molecular weight excluding hydrogens is 300 g/mol. The maximum atomic E-state index is 12.2. The lowest BCUT2D eigenvalue weighted by Gasteiger charge is -2.12. The number of aliphatic hydroxyl groups excluding tert-OH is 1. The lowest BCUT2D eigenvalue weighted by Crippen LogP contribution is -2.30. The van der Waals surface area contributed by atoms with Gasteiger partial charge in [-0.15, -0.1) is 12.4 Å². The first kappa shape index (κ1) is 16.7. The molecular formula is C17H21ClN2O2. The summed E-state index contributed by atoms with van der Waals surface area (Å²) in [5.74, 6) is -0.195. The third-order valence-corrected chi connectivity index (χ3v) is 4.28. The smallest absolute Gasteiger partial charge is 0.223 e. The van der Waals surface area contributed by atoms with Crippen LogP contribution in [-0.4, -0.2) is 23.2 Å². The van der Waals surface area contributed by atoms with E-state index in [0.29, 0.717) is 19.4 Å². The number of fused-ring (bicyclic) bond motifs is 1. The number of hydrogen-bond acceptors (Lipinski definition) is 3. The summed E-state index contributed by atoms with van der Waals surface area (Å²) in [5.41, 5.74) is 6.86. The summed E-state index contributed by atoms with van der Waals surface area (Å²) in [7, 11) is 0. The maximum absolute atomic E-state index is 12.2. The number of benzene rings is 2. The predicted octanol–water partition coefficient (Wildman–Crippen LogP) is 1.98. The van der Waals surface area contributed by atoms with Crippen molar-refractivity contribution in [2.45, 2.75) is 31.5 Å². The van der Waals surface area contributed by atoms with Crippen molar-refractivity contribution in [3.63, 3.8) is 0 Å². The first-order valence-electron chi connectivity index (χ1n) is 7.33. The van der Waals surface area contributed by atoms with Crippen LogP contribution in [0.4, 0.5) is 0 Å². The SMILES string of the molecule is Cl.N[C@H]1C[C@H](C(=O)NCc2cccc3ccccc23)C[C@@H]1O. The van der Waals surface area contributed by atoms with Gasteiger partial charge in [-0.2, -0.15) is 0 Å². The molecule has 0 aromatic heterocycles. The molecule has 0 unspecified atom stereocenters. The van der Waals surface area contributed by atoms with Gasteiger partial charge >= 0.3 is 0 Å². The highest BCUT2D eigenvalue weighted by Crippen LogP contribution is 2.25. The lowest BCUT2D eigenvalue weighted by molar-refractivity contribution is -0.125.